The van der Waals surface area contributed by atoms with Crippen molar-refractivity contribution in [2.45, 2.75) is 52.4 Å². The van der Waals surface area contributed by atoms with Crippen LogP contribution in [0.15, 0.2) is 54.1 Å². The van der Waals surface area contributed by atoms with E-state index in [-0.39, 0.29) is 0 Å². The Kier molecular flexibility index (Phi) is 6.04. The van der Waals surface area contributed by atoms with E-state index in [0.717, 1.165) is 11.8 Å². The molecule has 0 aromatic heterocycles. The van der Waals surface area contributed by atoms with E-state index in [1.165, 1.54) is 42.4 Å². The summed E-state index contributed by atoms with van der Waals surface area (Å²) in [5, 5.41) is 0. The normalized spacial score (nSPS) is 24.0. The summed E-state index contributed by atoms with van der Waals surface area (Å²) in [4.78, 5) is 0. The first-order chi connectivity index (χ1) is 10.2. The SMILES string of the molecule is C\C=C/C(C)=C\C=C\c1ccc(C2CCC(C)CC2)cc1. The fourth-order valence-electron chi connectivity index (χ4n) is 3.10. The number of hydrogen-bond acceptors (Lipinski definition) is 0. The minimum atomic E-state index is 0.788. The van der Waals surface area contributed by atoms with E-state index >= 15 is 0 Å². The summed E-state index contributed by atoms with van der Waals surface area (Å²) in [7, 11) is 0. The molecule has 0 unspecified atom stereocenters. The summed E-state index contributed by atoms with van der Waals surface area (Å²) < 4.78 is 0. The van der Waals surface area contributed by atoms with Crippen LogP contribution in [-0.2, 0) is 0 Å². The molecule has 112 valence electrons. The van der Waals surface area contributed by atoms with Gasteiger partial charge in [-0.2, -0.15) is 0 Å². The third kappa shape index (κ3) is 5.04. The molecule has 0 radical (unpaired) electrons. The van der Waals surface area contributed by atoms with E-state index in [1.807, 2.05) is 6.92 Å². The summed E-state index contributed by atoms with van der Waals surface area (Å²) in [5.74, 6) is 1.71. The maximum absolute atomic E-state index is 2.38. The van der Waals surface area contributed by atoms with Crippen molar-refractivity contribution in [1.29, 1.82) is 0 Å². The summed E-state index contributed by atoms with van der Waals surface area (Å²) >= 11 is 0. The molecule has 0 nitrogen and oxygen atoms in total. The van der Waals surface area contributed by atoms with Crippen LogP contribution in [0, 0.1) is 5.92 Å². The molecule has 21 heavy (non-hydrogen) atoms. The zero-order valence-corrected chi connectivity index (χ0v) is 13.7. The molecule has 0 spiro atoms. The van der Waals surface area contributed by atoms with Gasteiger partial charge >= 0.3 is 0 Å². The summed E-state index contributed by atoms with van der Waals surface area (Å²) in [6.07, 6.45) is 16.2. The lowest BCUT2D eigenvalue weighted by Gasteiger charge is -2.26. The lowest BCUT2D eigenvalue weighted by Crippen LogP contribution is -2.10. The van der Waals surface area contributed by atoms with Crippen molar-refractivity contribution in [2.24, 2.45) is 5.92 Å². The molecule has 0 heteroatoms. The van der Waals surface area contributed by atoms with Crippen LogP contribution >= 0.6 is 0 Å². The highest BCUT2D eigenvalue weighted by Gasteiger charge is 2.19. The molecule has 0 aliphatic heterocycles. The molecule has 1 saturated carbocycles. The molecular weight excluding hydrogens is 252 g/mol. The van der Waals surface area contributed by atoms with Crippen LogP contribution in [0.3, 0.4) is 0 Å². The largest absolute Gasteiger partial charge is 0.0874 e. The van der Waals surface area contributed by atoms with E-state index in [4.69, 9.17) is 0 Å². The first kappa shape index (κ1) is 15.8. The Morgan fingerprint density at radius 2 is 1.71 bits per heavy atom. The third-order valence-electron chi connectivity index (χ3n) is 4.50. The van der Waals surface area contributed by atoms with Crippen molar-refractivity contribution in [3.63, 3.8) is 0 Å². The predicted molar refractivity (Wildman–Crippen MR) is 94.4 cm³/mol. The lowest BCUT2D eigenvalue weighted by molar-refractivity contribution is 0.348. The maximum Gasteiger partial charge on any atom is -0.0162 e. The van der Waals surface area contributed by atoms with E-state index < -0.39 is 0 Å². The van der Waals surface area contributed by atoms with Gasteiger partial charge in [0.15, 0.2) is 0 Å². The molecule has 1 aromatic rings. The average molecular weight is 280 g/mol. The second-order valence-electron chi connectivity index (χ2n) is 6.39. The van der Waals surface area contributed by atoms with Crippen LogP contribution in [0.4, 0.5) is 0 Å². The molecule has 0 atom stereocenters. The molecule has 0 amide bonds. The molecule has 1 fully saturated rings. The van der Waals surface area contributed by atoms with Crippen LogP contribution in [0.25, 0.3) is 6.08 Å². The van der Waals surface area contributed by atoms with Gasteiger partial charge in [-0.05, 0) is 49.7 Å². The van der Waals surface area contributed by atoms with Gasteiger partial charge in [-0.15, -0.1) is 0 Å². The van der Waals surface area contributed by atoms with Gasteiger partial charge in [-0.25, -0.2) is 0 Å². The second kappa shape index (κ2) is 8.02. The highest BCUT2D eigenvalue weighted by Crippen LogP contribution is 2.35. The van der Waals surface area contributed by atoms with Crippen LogP contribution in [0.1, 0.15) is 63.5 Å². The van der Waals surface area contributed by atoms with Gasteiger partial charge < -0.3 is 0 Å². The minimum Gasteiger partial charge on any atom is -0.0874 e. The first-order valence-electron chi connectivity index (χ1n) is 8.26. The van der Waals surface area contributed by atoms with Gasteiger partial charge in [-0.1, -0.05) is 80.0 Å². The molecule has 0 saturated heterocycles. The zero-order valence-electron chi connectivity index (χ0n) is 13.7. The number of allylic oxidation sites excluding steroid dienone is 5. The van der Waals surface area contributed by atoms with Gasteiger partial charge in [0.2, 0.25) is 0 Å². The highest BCUT2D eigenvalue weighted by atomic mass is 14.2. The molecule has 2 rings (SSSR count). The van der Waals surface area contributed by atoms with Gasteiger partial charge in [0.25, 0.3) is 0 Å². The highest BCUT2D eigenvalue weighted by molar-refractivity contribution is 5.52. The minimum absolute atomic E-state index is 0.788. The average Bonchev–Trinajstić information content (AvgIpc) is 2.49. The summed E-state index contributed by atoms with van der Waals surface area (Å²) in [6.45, 7) is 6.55. The predicted octanol–water partition coefficient (Wildman–Crippen LogP) is 6.52. The van der Waals surface area contributed by atoms with Crippen molar-refractivity contribution in [3.05, 3.63) is 65.3 Å². The quantitative estimate of drug-likeness (QED) is 0.551. The summed E-state index contributed by atoms with van der Waals surface area (Å²) in [6, 6.07) is 9.15. The fraction of sp³-hybridized carbons (Fsp3) is 0.429. The summed E-state index contributed by atoms with van der Waals surface area (Å²) in [5.41, 5.74) is 4.09. The third-order valence-corrected chi connectivity index (χ3v) is 4.50. The maximum atomic E-state index is 2.38. The van der Waals surface area contributed by atoms with Crippen molar-refractivity contribution in [2.75, 3.05) is 0 Å². The van der Waals surface area contributed by atoms with Gasteiger partial charge in [0.05, 0.1) is 0 Å². The van der Waals surface area contributed by atoms with Crippen molar-refractivity contribution >= 4 is 6.08 Å². The number of hydrogen-bond donors (Lipinski definition) is 0. The van der Waals surface area contributed by atoms with Crippen molar-refractivity contribution < 1.29 is 0 Å². The lowest BCUT2D eigenvalue weighted by atomic mass is 9.79. The van der Waals surface area contributed by atoms with Crippen molar-refractivity contribution in [3.8, 4) is 0 Å². The molecular formula is C21H28. The van der Waals surface area contributed by atoms with Gasteiger partial charge in [0, 0.05) is 0 Å². The zero-order chi connectivity index (χ0) is 15.1. The van der Waals surface area contributed by atoms with E-state index in [0.29, 0.717) is 0 Å². The number of rotatable bonds is 4. The van der Waals surface area contributed by atoms with Crippen LogP contribution in [0.2, 0.25) is 0 Å². The van der Waals surface area contributed by atoms with E-state index in [2.05, 4.69) is 68.5 Å². The Hall–Kier alpha value is -1.56. The Morgan fingerprint density at radius 1 is 1.05 bits per heavy atom. The standard InChI is InChI=1S/C21H28/c1-4-6-17(2)7-5-8-19-11-15-21(16-12-19)20-13-9-18(3)10-14-20/h4-8,11-12,15-16,18,20H,9-10,13-14H2,1-3H3/b6-4-,8-5+,17-7-. The smallest absolute Gasteiger partial charge is 0.0162 e. The van der Waals surface area contributed by atoms with Gasteiger partial charge in [0.1, 0.15) is 0 Å². The second-order valence-corrected chi connectivity index (χ2v) is 6.39. The Morgan fingerprint density at radius 3 is 2.33 bits per heavy atom. The molecule has 0 N–H and O–H groups in total. The molecule has 0 heterocycles. The van der Waals surface area contributed by atoms with E-state index in [1.54, 1.807) is 0 Å². The topological polar surface area (TPSA) is 0 Å². The molecule has 1 aliphatic rings. The number of benzene rings is 1. The van der Waals surface area contributed by atoms with Gasteiger partial charge in [-0.3, -0.25) is 0 Å². The van der Waals surface area contributed by atoms with E-state index in [9.17, 15) is 0 Å². The van der Waals surface area contributed by atoms with Crippen LogP contribution < -0.4 is 0 Å². The Balaban J connectivity index is 1.96. The Bertz CT molecular complexity index is 505. The first-order valence-corrected chi connectivity index (χ1v) is 8.26. The molecule has 1 aliphatic carbocycles. The van der Waals surface area contributed by atoms with Crippen LogP contribution in [-0.4, -0.2) is 0 Å². The van der Waals surface area contributed by atoms with Crippen LogP contribution in [0.5, 0.6) is 0 Å². The molecule has 0 bridgehead atoms. The van der Waals surface area contributed by atoms with Crippen molar-refractivity contribution in [1.82, 2.24) is 0 Å². The fourth-order valence-corrected chi connectivity index (χ4v) is 3.10. The molecule has 1 aromatic carbocycles. The monoisotopic (exact) mass is 280 g/mol. The Labute approximate surface area is 130 Å².